The molecule has 0 aliphatic carbocycles. The Morgan fingerprint density at radius 3 is 2.54 bits per heavy atom. The van der Waals surface area contributed by atoms with Crippen LogP contribution in [0.3, 0.4) is 0 Å². The van der Waals surface area contributed by atoms with Crippen molar-refractivity contribution in [3.63, 3.8) is 0 Å². The van der Waals surface area contributed by atoms with Crippen LogP contribution >= 0.6 is 11.3 Å². The first kappa shape index (κ1) is 24.7. The molecule has 0 spiro atoms. The first-order valence-electron chi connectivity index (χ1n) is 12.6. The highest BCUT2D eigenvalue weighted by Crippen LogP contribution is 2.33. The van der Waals surface area contributed by atoms with Crippen LogP contribution in [0.2, 0.25) is 0 Å². The molecule has 5 aromatic rings. The number of aryl methyl sites for hydroxylation is 1. The summed E-state index contributed by atoms with van der Waals surface area (Å²) in [7, 11) is 0. The van der Waals surface area contributed by atoms with Crippen LogP contribution in [0.4, 0.5) is 5.69 Å². The van der Waals surface area contributed by atoms with Gasteiger partial charge < -0.3 is 5.32 Å². The molecule has 186 valence electrons. The van der Waals surface area contributed by atoms with Gasteiger partial charge in [-0.3, -0.25) is 4.79 Å². The summed E-state index contributed by atoms with van der Waals surface area (Å²) >= 11 is 1.50. The summed E-state index contributed by atoms with van der Waals surface area (Å²) in [5.74, 6) is 0.977. The van der Waals surface area contributed by atoms with Gasteiger partial charge in [-0.15, -0.1) is 0 Å². The summed E-state index contributed by atoms with van der Waals surface area (Å²) in [6.07, 6.45) is 5.91. The summed E-state index contributed by atoms with van der Waals surface area (Å²) in [6.45, 7) is 4.48. The zero-order valence-corrected chi connectivity index (χ0v) is 21.8. The molecule has 0 aliphatic rings. The fourth-order valence-electron chi connectivity index (χ4n) is 4.17. The van der Waals surface area contributed by atoms with E-state index in [1.807, 2.05) is 72.8 Å². The van der Waals surface area contributed by atoms with Crippen molar-refractivity contribution in [3.05, 3.63) is 90.4 Å². The summed E-state index contributed by atoms with van der Waals surface area (Å²) in [6, 6.07) is 23.1. The van der Waals surface area contributed by atoms with Gasteiger partial charge in [0.2, 0.25) is 0 Å². The van der Waals surface area contributed by atoms with E-state index in [-0.39, 0.29) is 5.91 Å². The van der Waals surface area contributed by atoms with Gasteiger partial charge in [0.05, 0.1) is 5.69 Å². The highest BCUT2D eigenvalue weighted by atomic mass is 32.1. The number of anilines is 1. The SMILES string of the molecule is CC(C)CCCCc1cc(C(=O)Nc2ccccc2-c2nc3cccnc3s2)nc(-c2ccccc2)n1. The molecule has 0 fully saturated rings. The molecule has 6 nitrogen and oxygen atoms in total. The third-order valence-electron chi connectivity index (χ3n) is 6.08. The Morgan fingerprint density at radius 1 is 0.919 bits per heavy atom. The number of aromatic nitrogens is 4. The van der Waals surface area contributed by atoms with Crippen molar-refractivity contribution in [2.24, 2.45) is 5.92 Å². The second-order valence-corrected chi connectivity index (χ2v) is 10.4. The second kappa shape index (κ2) is 11.4. The van der Waals surface area contributed by atoms with E-state index in [0.29, 0.717) is 23.1 Å². The molecule has 0 unspecified atom stereocenters. The molecule has 1 amide bonds. The number of benzene rings is 2. The van der Waals surface area contributed by atoms with E-state index in [1.165, 1.54) is 17.8 Å². The van der Waals surface area contributed by atoms with Crippen molar-refractivity contribution < 1.29 is 4.79 Å². The third kappa shape index (κ3) is 6.06. The number of hydrogen-bond donors (Lipinski definition) is 1. The number of unbranched alkanes of at least 4 members (excludes halogenated alkanes) is 1. The highest BCUT2D eigenvalue weighted by Gasteiger charge is 2.17. The lowest BCUT2D eigenvalue weighted by atomic mass is 10.0. The summed E-state index contributed by atoms with van der Waals surface area (Å²) in [5.41, 5.74) is 4.51. The standard InChI is InChI=1S/C30H29N5OS/c1-20(2)11-6-7-14-22-19-26(33-27(32-22)21-12-4-3-5-13-21)28(36)34-24-16-9-8-15-23(24)29-35-25-17-10-18-31-30(25)37-29/h3-5,8-10,12-13,15-20H,6-7,11,14H2,1-2H3,(H,34,36). The maximum absolute atomic E-state index is 13.5. The normalized spacial score (nSPS) is 11.2. The number of amides is 1. The molecule has 2 aromatic carbocycles. The molecule has 0 radical (unpaired) electrons. The molecule has 0 saturated carbocycles. The predicted octanol–water partition coefficient (Wildman–Crippen LogP) is 7.44. The van der Waals surface area contributed by atoms with Gasteiger partial charge >= 0.3 is 0 Å². The molecular weight excluding hydrogens is 478 g/mol. The molecule has 7 heteroatoms. The smallest absolute Gasteiger partial charge is 0.274 e. The van der Waals surface area contributed by atoms with Crippen molar-refractivity contribution in [1.29, 1.82) is 0 Å². The molecule has 37 heavy (non-hydrogen) atoms. The Balaban J connectivity index is 1.43. The predicted molar refractivity (Wildman–Crippen MR) is 151 cm³/mol. The minimum atomic E-state index is -0.269. The van der Waals surface area contributed by atoms with Gasteiger partial charge in [-0.2, -0.15) is 0 Å². The quantitative estimate of drug-likeness (QED) is 0.210. The van der Waals surface area contributed by atoms with Crippen molar-refractivity contribution in [3.8, 4) is 22.0 Å². The van der Waals surface area contributed by atoms with Gasteiger partial charge in [0.25, 0.3) is 5.91 Å². The monoisotopic (exact) mass is 507 g/mol. The number of hydrogen-bond acceptors (Lipinski definition) is 6. The number of rotatable bonds is 9. The number of nitrogens with one attached hydrogen (secondary N) is 1. The van der Waals surface area contributed by atoms with E-state index in [0.717, 1.165) is 51.4 Å². The van der Waals surface area contributed by atoms with Crippen LogP contribution in [0.5, 0.6) is 0 Å². The molecule has 0 bridgehead atoms. The maximum atomic E-state index is 13.5. The van der Waals surface area contributed by atoms with Crippen molar-refractivity contribution in [2.75, 3.05) is 5.32 Å². The van der Waals surface area contributed by atoms with E-state index in [1.54, 1.807) is 6.20 Å². The highest BCUT2D eigenvalue weighted by molar-refractivity contribution is 7.21. The van der Waals surface area contributed by atoms with Gasteiger partial charge in [-0.25, -0.2) is 19.9 Å². The van der Waals surface area contributed by atoms with Crippen LogP contribution in [0.25, 0.3) is 32.3 Å². The first-order valence-corrected chi connectivity index (χ1v) is 13.4. The molecule has 3 aromatic heterocycles. The van der Waals surface area contributed by atoms with Gasteiger partial charge in [-0.1, -0.05) is 80.5 Å². The number of para-hydroxylation sites is 1. The minimum absolute atomic E-state index is 0.269. The summed E-state index contributed by atoms with van der Waals surface area (Å²) < 4.78 is 0. The molecule has 3 heterocycles. The summed E-state index contributed by atoms with van der Waals surface area (Å²) in [4.78, 5) is 32.9. The molecule has 0 atom stereocenters. The third-order valence-corrected chi connectivity index (χ3v) is 7.09. The first-order chi connectivity index (χ1) is 18.1. The average molecular weight is 508 g/mol. The lowest BCUT2D eigenvalue weighted by Crippen LogP contribution is -2.16. The van der Waals surface area contributed by atoms with E-state index >= 15 is 0 Å². The zero-order valence-electron chi connectivity index (χ0n) is 21.0. The lowest BCUT2D eigenvalue weighted by molar-refractivity contribution is 0.102. The van der Waals surface area contributed by atoms with E-state index in [2.05, 4.69) is 29.1 Å². The number of pyridine rings is 1. The molecule has 0 aliphatic heterocycles. The number of nitrogens with zero attached hydrogens (tertiary/aromatic N) is 4. The van der Waals surface area contributed by atoms with Gasteiger partial charge in [-0.05, 0) is 49.1 Å². The van der Waals surface area contributed by atoms with Gasteiger partial charge in [0, 0.05) is 23.0 Å². The lowest BCUT2D eigenvalue weighted by Gasteiger charge is -2.11. The molecular formula is C30H29N5OS. The van der Waals surface area contributed by atoms with Gasteiger partial charge in [0.15, 0.2) is 5.82 Å². The second-order valence-electron chi connectivity index (χ2n) is 9.42. The van der Waals surface area contributed by atoms with Crippen molar-refractivity contribution >= 4 is 33.3 Å². The Hall–Kier alpha value is -3.97. The van der Waals surface area contributed by atoms with Gasteiger partial charge in [0.1, 0.15) is 21.0 Å². The number of thiazole rings is 1. The van der Waals surface area contributed by atoms with Crippen LogP contribution in [-0.4, -0.2) is 25.8 Å². The zero-order chi connectivity index (χ0) is 25.6. The van der Waals surface area contributed by atoms with E-state index in [9.17, 15) is 4.79 Å². The average Bonchev–Trinajstić information content (AvgIpc) is 3.36. The Kier molecular flexibility index (Phi) is 7.61. The van der Waals surface area contributed by atoms with Crippen molar-refractivity contribution in [2.45, 2.75) is 39.5 Å². The van der Waals surface area contributed by atoms with Crippen LogP contribution in [0, 0.1) is 5.92 Å². The maximum Gasteiger partial charge on any atom is 0.274 e. The minimum Gasteiger partial charge on any atom is -0.320 e. The van der Waals surface area contributed by atoms with Crippen LogP contribution in [0.15, 0.2) is 79.0 Å². The van der Waals surface area contributed by atoms with E-state index in [4.69, 9.17) is 9.97 Å². The Labute approximate surface area is 220 Å². The van der Waals surface area contributed by atoms with Crippen LogP contribution in [0.1, 0.15) is 49.3 Å². The number of fused-ring (bicyclic) bond motifs is 1. The molecule has 5 rings (SSSR count). The molecule has 0 saturated heterocycles. The Bertz CT molecular complexity index is 1480. The van der Waals surface area contributed by atoms with Crippen molar-refractivity contribution in [1.82, 2.24) is 19.9 Å². The number of carbonyl (C=O) groups excluding carboxylic acids is 1. The van der Waals surface area contributed by atoms with Crippen LogP contribution < -0.4 is 5.32 Å². The summed E-state index contributed by atoms with van der Waals surface area (Å²) in [5, 5.41) is 3.88. The van der Waals surface area contributed by atoms with E-state index < -0.39 is 0 Å². The largest absolute Gasteiger partial charge is 0.320 e. The Morgan fingerprint density at radius 2 is 1.73 bits per heavy atom. The fraction of sp³-hybridized carbons (Fsp3) is 0.233. The van der Waals surface area contributed by atoms with Crippen LogP contribution in [-0.2, 0) is 6.42 Å². The number of carbonyl (C=O) groups is 1. The fourth-order valence-corrected chi connectivity index (χ4v) is 5.11. The topological polar surface area (TPSA) is 80.7 Å². The molecule has 1 N–H and O–H groups in total.